The highest BCUT2D eigenvalue weighted by molar-refractivity contribution is 5.74. The molecule has 0 radical (unpaired) electrons. The van der Waals surface area contributed by atoms with Crippen molar-refractivity contribution in [3.05, 3.63) is 0 Å². The van der Waals surface area contributed by atoms with Gasteiger partial charge in [0.2, 0.25) is 0 Å². The normalized spacial score (nSPS) is 38.6. The smallest absolute Gasteiger partial charge is 0.323 e. The van der Waals surface area contributed by atoms with Crippen molar-refractivity contribution in [2.24, 2.45) is 5.92 Å². The van der Waals surface area contributed by atoms with Crippen LogP contribution < -0.4 is 5.32 Å². The summed E-state index contributed by atoms with van der Waals surface area (Å²) in [5, 5.41) is 11.9. The maximum Gasteiger partial charge on any atom is 0.323 e. The quantitative estimate of drug-likeness (QED) is 0.695. The van der Waals surface area contributed by atoms with E-state index in [0.717, 1.165) is 0 Å². The van der Waals surface area contributed by atoms with E-state index in [1.54, 1.807) is 6.92 Å². The van der Waals surface area contributed by atoms with Crippen molar-refractivity contribution in [1.29, 1.82) is 0 Å². The first-order chi connectivity index (χ1) is 6.37. The fourth-order valence-corrected chi connectivity index (χ4v) is 1.64. The Labute approximate surface area is 84.6 Å². The van der Waals surface area contributed by atoms with Gasteiger partial charge in [0.25, 0.3) is 0 Å². The molecule has 0 saturated carbocycles. The minimum absolute atomic E-state index is 0.259. The monoisotopic (exact) mass is 201 g/mol. The molecule has 4 heteroatoms. The summed E-state index contributed by atoms with van der Waals surface area (Å²) in [6, 6.07) is -0.582. The average Bonchev–Trinajstić information content (AvgIpc) is 2.02. The molecule has 0 bridgehead atoms. The van der Waals surface area contributed by atoms with Gasteiger partial charge in [-0.2, -0.15) is 0 Å². The van der Waals surface area contributed by atoms with E-state index in [1.165, 1.54) is 0 Å². The molecule has 4 nitrogen and oxygen atoms in total. The molecule has 14 heavy (non-hydrogen) atoms. The number of ether oxygens (including phenoxy) is 1. The van der Waals surface area contributed by atoms with Gasteiger partial charge in [-0.25, -0.2) is 0 Å². The highest BCUT2D eigenvalue weighted by Gasteiger charge is 2.40. The molecule has 0 spiro atoms. The summed E-state index contributed by atoms with van der Waals surface area (Å²) in [6.45, 7) is 8.56. The van der Waals surface area contributed by atoms with Crippen LogP contribution in [0.25, 0.3) is 0 Å². The van der Waals surface area contributed by atoms with Crippen LogP contribution in [0.2, 0.25) is 0 Å². The van der Waals surface area contributed by atoms with Gasteiger partial charge in [0.1, 0.15) is 6.04 Å². The topological polar surface area (TPSA) is 58.6 Å². The minimum Gasteiger partial charge on any atom is -0.480 e. The summed E-state index contributed by atoms with van der Waals surface area (Å²) in [4.78, 5) is 10.8. The Bertz CT molecular complexity index is 229. The van der Waals surface area contributed by atoms with E-state index in [0.29, 0.717) is 12.5 Å². The third-order valence-electron chi connectivity index (χ3n) is 3.08. The van der Waals surface area contributed by atoms with Crippen molar-refractivity contribution >= 4 is 5.97 Å². The van der Waals surface area contributed by atoms with Crippen LogP contribution in [0.5, 0.6) is 0 Å². The second-order valence-electron chi connectivity index (χ2n) is 4.49. The Kier molecular flexibility index (Phi) is 3.17. The maximum absolute atomic E-state index is 10.8. The molecule has 1 aliphatic rings. The first-order valence-electron chi connectivity index (χ1n) is 5.01. The molecule has 1 fully saturated rings. The van der Waals surface area contributed by atoms with Gasteiger partial charge in [-0.05, 0) is 19.8 Å². The molecule has 0 aromatic carbocycles. The second kappa shape index (κ2) is 3.87. The van der Waals surface area contributed by atoms with Crippen LogP contribution in [0, 0.1) is 5.92 Å². The Hall–Kier alpha value is -0.610. The largest absolute Gasteiger partial charge is 0.480 e. The van der Waals surface area contributed by atoms with E-state index >= 15 is 0 Å². The highest BCUT2D eigenvalue weighted by Crippen LogP contribution is 2.26. The van der Waals surface area contributed by atoms with Crippen LogP contribution in [-0.4, -0.2) is 35.4 Å². The third kappa shape index (κ3) is 2.07. The van der Waals surface area contributed by atoms with Gasteiger partial charge in [0.15, 0.2) is 0 Å². The molecular formula is C10H19NO3. The Morgan fingerprint density at radius 3 is 2.57 bits per heavy atom. The van der Waals surface area contributed by atoms with Crippen LogP contribution in [0.1, 0.15) is 27.7 Å². The van der Waals surface area contributed by atoms with Crippen molar-refractivity contribution < 1.29 is 14.6 Å². The molecule has 0 aromatic rings. The lowest BCUT2D eigenvalue weighted by Crippen LogP contribution is -2.61. The molecule has 2 N–H and O–H groups in total. The predicted octanol–water partition coefficient (Wildman–Crippen LogP) is 0.863. The number of rotatable bonds is 2. The summed E-state index contributed by atoms with van der Waals surface area (Å²) in [5.41, 5.74) is -0.259. The summed E-state index contributed by atoms with van der Waals surface area (Å²) >= 11 is 0. The minimum atomic E-state index is -0.844. The number of morpholine rings is 1. The molecule has 0 amide bonds. The standard InChI is InChI=1S/C10H19NO3/c1-6(2)10(4)5-11-8(9(12)13)7(3)14-10/h6-8,11H,5H2,1-4H3,(H,12,13). The second-order valence-corrected chi connectivity index (χ2v) is 4.49. The van der Waals surface area contributed by atoms with E-state index in [9.17, 15) is 4.79 Å². The van der Waals surface area contributed by atoms with E-state index in [4.69, 9.17) is 9.84 Å². The van der Waals surface area contributed by atoms with Crippen LogP contribution in [0.4, 0.5) is 0 Å². The third-order valence-corrected chi connectivity index (χ3v) is 3.08. The average molecular weight is 201 g/mol. The van der Waals surface area contributed by atoms with Crippen LogP contribution in [0.15, 0.2) is 0 Å². The number of hydrogen-bond donors (Lipinski definition) is 2. The van der Waals surface area contributed by atoms with Crippen molar-refractivity contribution in [3.63, 3.8) is 0 Å². The van der Waals surface area contributed by atoms with E-state index in [1.807, 2.05) is 6.92 Å². The highest BCUT2D eigenvalue weighted by atomic mass is 16.5. The number of nitrogens with one attached hydrogen (secondary N) is 1. The summed E-state index contributed by atoms with van der Waals surface area (Å²) in [6.07, 6.45) is -0.284. The Morgan fingerprint density at radius 1 is 1.64 bits per heavy atom. The Balaban J connectivity index is 2.67. The zero-order chi connectivity index (χ0) is 10.9. The molecule has 0 aliphatic carbocycles. The lowest BCUT2D eigenvalue weighted by Gasteiger charge is -2.43. The number of carboxylic acids is 1. The van der Waals surface area contributed by atoms with E-state index < -0.39 is 12.0 Å². The van der Waals surface area contributed by atoms with E-state index in [-0.39, 0.29) is 11.7 Å². The molecule has 82 valence electrons. The van der Waals surface area contributed by atoms with Gasteiger partial charge in [0, 0.05) is 6.54 Å². The molecule has 1 heterocycles. The van der Waals surface area contributed by atoms with Crippen molar-refractivity contribution in [2.45, 2.75) is 45.4 Å². The number of aliphatic carboxylic acids is 1. The first kappa shape index (κ1) is 11.5. The van der Waals surface area contributed by atoms with Gasteiger partial charge in [-0.3, -0.25) is 10.1 Å². The lowest BCUT2D eigenvalue weighted by atomic mass is 9.89. The van der Waals surface area contributed by atoms with Gasteiger partial charge in [-0.1, -0.05) is 13.8 Å². The van der Waals surface area contributed by atoms with Gasteiger partial charge in [-0.15, -0.1) is 0 Å². The molecule has 1 rings (SSSR count). The zero-order valence-corrected chi connectivity index (χ0v) is 9.20. The number of hydrogen-bond acceptors (Lipinski definition) is 3. The first-order valence-corrected chi connectivity index (χ1v) is 5.01. The van der Waals surface area contributed by atoms with Gasteiger partial charge >= 0.3 is 5.97 Å². The molecule has 1 saturated heterocycles. The van der Waals surface area contributed by atoms with Crippen LogP contribution in [0.3, 0.4) is 0 Å². The van der Waals surface area contributed by atoms with Crippen LogP contribution in [-0.2, 0) is 9.53 Å². The summed E-state index contributed by atoms with van der Waals surface area (Å²) in [7, 11) is 0. The van der Waals surface area contributed by atoms with Crippen molar-refractivity contribution in [2.75, 3.05) is 6.54 Å². The SMILES string of the molecule is CC1OC(C)(C(C)C)CNC1C(=O)O. The molecule has 3 atom stereocenters. The molecule has 3 unspecified atom stereocenters. The van der Waals surface area contributed by atoms with Crippen molar-refractivity contribution in [1.82, 2.24) is 5.32 Å². The number of carboxylic acid groups (broad SMARTS) is 1. The van der Waals surface area contributed by atoms with Gasteiger partial charge in [0.05, 0.1) is 11.7 Å². The fourth-order valence-electron chi connectivity index (χ4n) is 1.64. The number of carbonyl (C=O) groups is 1. The summed E-state index contributed by atoms with van der Waals surface area (Å²) < 4.78 is 5.77. The van der Waals surface area contributed by atoms with E-state index in [2.05, 4.69) is 19.2 Å². The molecular weight excluding hydrogens is 182 g/mol. The van der Waals surface area contributed by atoms with Crippen LogP contribution >= 0.6 is 0 Å². The van der Waals surface area contributed by atoms with Gasteiger partial charge < -0.3 is 9.84 Å². The molecule has 0 aromatic heterocycles. The Morgan fingerprint density at radius 2 is 2.21 bits per heavy atom. The zero-order valence-electron chi connectivity index (χ0n) is 9.20. The van der Waals surface area contributed by atoms with Crippen molar-refractivity contribution in [3.8, 4) is 0 Å². The lowest BCUT2D eigenvalue weighted by molar-refractivity contribution is -0.166. The maximum atomic E-state index is 10.8. The molecule has 1 aliphatic heterocycles. The predicted molar refractivity (Wildman–Crippen MR) is 53.2 cm³/mol. The summed E-state index contributed by atoms with van der Waals surface area (Å²) in [5.74, 6) is -0.476. The fraction of sp³-hybridized carbons (Fsp3) is 0.900.